The van der Waals surface area contributed by atoms with Gasteiger partial charge in [-0.25, -0.2) is 4.39 Å². The topological polar surface area (TPSA) is 12.0 Å². The Balaban J connectivity index is 1.97. The van der Waals surface area contributed by atoms with Crippen LogP contribution in [0, 0.1) is 11.7 Å². The number of halogens is 1. The van der Waals surface area contributed by atoms with Crippen LogP contribution in [0.4, 0.5) is 4.39 Å². The van der Waals surface area contributed by atoms with Crippen molar-refractivity contribution in [1.29, 1.82) is 0 Å². The van der Waals surface area contributed by atoms with E-state index in [1.165, 1.54) is 31.2 Å². The number of benzene rings is 1. The average molecular weight is 235 g/mol. The van der Waals surface area contributed by atoms with Gasteiger partial charge in [-0.2, -0.15) is 0 Å². The zero-order valence-corrected chi connectivity index (χ0v) is 10.6. The molecule has 17 heavy (non-hydrogen) atoms. The van der Waals surface area contributed by atoms with Gasteiger partial charge in [0.05, 0.1) is 0 Å². The van der Waals surface area contributed by atoms with Crippen LogP contribution in [0.2, 0.25) is 0 Å². The SMILES string of the molecule is CCNC1CCCCC1Cc1ccc(F)cc1. The standard InChI is InChI=1S/C15H22FN/c1-2-17-15-6-4-3-5-13(15)11-12-7-9-14(16)10-8-12/h7-10,13,15,17H,2-6,11H2,1H3. The molecule has 1 N–H and O–H groups in total. The van der Waals surface area contributed by atoms with Crippen molar-refractivity contribution >= 4 is 0 Å². The zero-order valence-electron chi connectivity index (χ0n) is 10.6. The molecule has 2 atom stereocenters. The first-order valence-corrected chi connectivity index (χ1v) is 6.77. The van der Waals surface area contributed by atoms with E-state index in [4.69, 9.17) is 0 Å². The molecule has 94 valence electrons. The van der Waals surface area contributed by atoms with Crippen molar-refractivity contribution in [3.05, 3.63) is 35.6 Å². The van der Waals surface area contributed by atoms with Crippen LogP contribution in [0.1, 0.15) is 38.2 Å². The minimum atomic E-state index is -0.138. The van der Waals surface area contributed by atoms with E-state index in [1.807, 2.05) is 12.1 Å². The van der Waals surface area contributed by atoms with Crippen molar-refractivity contribution in [3.8, 4) is 0 Å². The van der Waals surface area contributed by atoms with Crippen LogP contribution in [0.5, 0.6) is 0 Å². The van der Waals surface area contributed by atoms with Crippen molar-refractivity contribution in [1.82, 2.24) is 5.32 Å². The van der Waals surface area contributed by atoms with Crippen molar-refractivity contribution in [3.63, 3.8) is 0 Å². The second-order valence-electron chi connectivity index (χ2n) is 5.04. The first-order valence-electron chi connectivity index (χ1n) is 6.77. The largest absolute Gasteiger partial charge is 0.314 e. The third-order valence-electron chi connectivity index (χ3n) is 3.79. The monoisotopic (exact) mass is 235 g/mol. The second-order valence-corrected chi connectivity index (χ2v) is 5.04. The van der Waals surface area contributed by atoms with Crippen LogP contribution < -0.4 is 5.32 Å². The Kier molecular flexibility index (Phi) is 4.55. The normalized spacial score (nSPS) is 24.8. The van der Waals surface area contributed by atoms with E-state index in [2.05, 4.69) is 12.2 Å². The summed E-state index contributed by atoms with van der Waals surface area (Å²) in [6, 6.07) is 7.64. The fourth-order valence-electron chi connectivity index (χ4n) is 2.91. The average Bonchev–Trinajstić information content (AvgIpc) is 2.35. The zero-order chi connectivity index (χ0) is 12.1. The Hall–Kier alpha value is -0.890. The third-order valence-corrected chi connectivity index (χ3v) is 3.79. The Labute approximate surface area is 103 Å². The lowest BCUT2D eigenvalue weighted by Crippen LogP contribution is -2.39. The first kappa shape index (κ1) is 12.6. The van der Waals surface area contributed by atoms with E-state index < -0.39 is 0 Å². The van der Waals surface area contributed by atoms with E-state index in [1.54, 1.807) is 12.1 Å². The molecule has 1 aliphatic carbocycles. The number of hydrogen-bond acceptors (Lipinski definition) is 1. The van der Waals surface area contributed by atoms with E-state index >= 15 is 0 Å². The maximum atomic E-state index is 12.9. The predicted molar refractivity (Wildman–Crippen MR) is 69.5 cm³/mol. The van der Waals surface area contributed by atoms with Gasteiger partial charge >= 0.3 is 0 Å². The highest BCUT2D eigenvalue weighted by Gasteiger charge is 2.24. The van der Waals surface area contributed by atoms with Gasteiger partial charge < -0.3 is 5.32 Å². The lowest BCUT2D eigenvalue weighted by Gasteiger charge is -2.32. The molecule has 0 aromatic heterocycles. The van der Waals surface area contributed by atoms with Crippen LogP contribution in [0.3, 0.4) is 0 Å². The Bertz CT molecular complexity index is 331. The summed E-state index contributed by atoms with van der Waals surface area (Å²) >= 11 is 0. The van der Waals surface area contributed by atoms with Crippen LogP contribution >= 0.6 is 0 Å². The summed E-state index contributed by atoms with van der Waals surface area (Å²) in [5, 5.41) is 3.59. The molecular formula is C15H22FN. The fraction of sp³-hybridized carbons (Fsp3) is 0.600. The molecule has 1 fully saturated rings. The summed E-state index contributed by atoms with van der Waals surface area (Å²) in [4.78, 5) is 0. The summed E-state index contributed by atoms with van der Waals surface area (Å²) in [5.41, 5.74) is 1.27. The van der Waals surface area contributed by atoms with Crippen molar-refractivity contribution in [2.45, 2.75) is 45.1 Å². The molecule has 1 nitrogen and oxygen atoms in total. The van der Waals surface area contributed by atoms with Gasteiger partial charge in [-0.3, -0.25) is 0 Å². The van der Waals surface area contributed by atoms with Crippen molar-refractivity contribution in [2.75, 3.05) is 6.54 Å². The smallest absolute Gasteiger partial charge is 0.123 e. The van der Waals surface area contributed by atoms with Gasteiger partial charge in [0.25, 0.3) is 0 Å². The van der Waals surface area contributed by atoms with Gasteiger partial charge in [0.1, 0.15) is 5.82 Å². The molecule has 0 amide bonds. The van der Waals surface area contributed by atoms with Crippen LogP contribution in [-0.2, 0) is 6.42 Å². The summed E-state index contributed by atoms with van der Waals surface area (Å²) < 4.78 is 12.9. The highest BCUT2D eigenvalue weighted by molar-refractivity contribution is 5.17. The number of rotatable bonds is 4. The van der Waals surface area contributed by atoms with Gasteiger partial charge in [-0.1, -0.05) is 31.9 Å². The van der Waals surface area contributed by atoms with Gasteiger partial charge in [-0.15, -0.1) is 0 Å². The maximum absolute atomic E-state index is 12.9. The number of hydrogen-bond donors (Lipinski definition) is 1. The molecule has 2 unspecified atom stereocenters. The van der Waals surface area contributed by atoms with Gasteiger partial charge in [0.15, 0.2) is 0 Å². The predicted octanol–water partition coefficient (Wildman–Crippen LogP) is 3.54. The minimum Gasteiger partial charge on any atom is -0.314 e. The first-order chi connectivity index (χ1) is 8.29. The van der Waals surface area contributed by atoms with Gasteiger partial charge in [0.2, 0.25) is 0 Å². The summed E-state index contributed by atoms with van der Waals surface area (Å²) in [6.07, 6.45) is 6.36. The van der Waals surface area contributed by atoms with Crippen molar-refractivity contribution < 1.29 is 4.39 Å². The van der Waals surface area contributed by atoms with E-state index in [0.717, 1.165) is 13.0 Å². The second kappa shape index (κ2) is 6.15. The molecule has 1 aliphatic rings. The molecule has 0 radical (unpaired) electrons. The maximum Gasteiger partial charge on any atom is 0.123 e. The molecule has 0 bridgehead atoms. The molecule has 1 aromatic carbocycles. The molecule has 1 aromatic rings. The molecule has 2 heteroatoms. The lowest BCUT2D eigenvalue weighted by atomic mass is 9.80. The quantitative estimate of drug-likeness (QED) is 0.841. The minimum absolute atomic E-state index is 0.138. The Morgan fingerprint density at radius 3 is 2.59 bits per heavy atom. The van der Waals surface area contributed by atoms with Crippen molar-refractivity contribution in [2.24, 2.45) is 5.92 Å². The fourth-order valence-corrected chi connectivity index (χ4v) is 2.91. The third kappa shape index (κ3) is 3.53. The summed E-state index contributed by atoms with van der Waals surface area (Å²) in [6.45, 7) is 3.22. The highest BCUT2D eigenvalue weighted by atomic mass is 19.1. The molecule has 0 saturated heterocycles. The van der Waals surface area contributed by atoms with E-state index in [9.17, 15) is 4.39 Å². The number of nitrogens with one attached hydrogen (secondary N) is 1. The Morgan fingerprint density at radius 1 is 1.18 bits per heavy atom. The molecule has 0 heterocycles. The summed E-state index contributed by atoms with van der Waals surface area (Å²) in [7, 11) is 0. The molecule has 1 saturated carbocycles. The van der Waals surface area contributed by atoms with Crippen LogP contribution in [0.25, 0.3) is 0 Å². The van der Waals surface area contributed by atoms with Crippen LogP contribution in [0.15, 0.2) is 24.3 Å². The van der Waals surface area contributed by atoms with E-state index in [0.29, 0.717) is 12.0 Å². The highest BCUT2D eigenvalue weighted by Crippen LogP contribution is 2.27. The van der Waals surface area contributed by atoms with Crippen LogP contribution in [-0.4, -0.2) is 12.6 Å². The van der Waals surface area contributed by atoms with Gasteiger partial charge in [0, 0.05) is 6.04 Å². The van der Waals surface area contributed by atoms with E-state index in [-0.39, 0.29) is 5.82 Å². The molecule has 2 rings (SSSR count). The lowest BCUT2D eigenvalue weighted by molar-refractivity contribution is 0.264. The Morgan fingerprint density at radius 2 is 1.88 bits per heavy atom. The molecular weight excluding hydrogens is 213 g/mol. The molecule has 0 aliphatic heterocycles. The molecule has 0 spiro atoms. The summed E-state index contributed by atoms with van der Waals surface area (Å²) in [5.74, 6) is 0.579. The van der Waals surface area contributed by atoms with Gasteiger partial charge in [-0.05, 0) is 49.4 Å².